The standard InChI is InChI=1S/C14H21NO/c1-3-4-10(2)15-14(16)9-13-8-11-5-6-12(13)7-11/h1,10-13H,4-9H2,2H3,(H,15,16). The topological polar surface area (TPSA) is 29.1 Å². The summed E-state index contributed by atoms with van der Waals surface area (Å²) >= 11 is 0. The molecule has 1 N–H and O–H groups in total. The quantitative estimate of drug-likeness (QED) is 0.722. The van der Waals surface area contributed by atoms with Crippen molar-refractivity contribution in [1.82, 2.24) is 5.32 Å². The van der Waals surface area contributed by atoms with Crippen molar-refractivity contribution in [3.63, 3.8) is 0 Å². The lowest BCUT2D eigenvalue weighted by molar-refractivity contribution is -0.122. The summed E-state index contributed by atoms with van der Waals surface area (Å²) in [4.78, 5) is 11.8. The van der Waals surface area contributed by atoms with E-state index in [9.17, 15) is 4.79 Å². The zero-order chi connectivity index (χ0) is 11.5. The molecule has 0 heterocycles. The van der Waals surface area contributed by atoms with E-state index in [1.54, 1.807) is 0 Å². The van der Waals surface area contributed by atoms with E-state index in [-0.39, 0.29) is 11.9 Å². The van der Waals surface area contributed by atoms with Crippen LogP contribution in [0.15, 0.2) is 0 Å². The Morgan fingerprint density at radius 3 is 2.88 bits per heavy atom. The van der Waals surface area contributed by atoms with E-state index in [0.717, 1.165) is 18.3 Å². The maximum Gasteiger partial charge on any atom is 0.220 e. The van der Waals surface area contributed by atoms with Crippen molar-refractivity contribution in [1.29, 1.82) is 0 Å². The minimum atomic E-state index is 0.121. The SMILES string of the molecule is C#CCC(C)NC(=O)CC1CC2CCC1C2. The molecule has 4 unspecified atom stereocenters. The molecular formula is C14H21NO. The number of hydrogen-bond donors (Lipinski definition) is 1. The van der Waals surface area contributed by atoms with Crippen molar-refractivity contribution >= 4 is 5.91 Å². The fourth-order valence-corrected chi connectivity index (χ4v) is 3.43. The molecule has 2 aliphatic carbocycles. The highest BCUT2D eigenvalue weighted by molar-refractivity contribution is 5.76. The number of rotatable bonds is 4. The summed E-state index contributed by atoms with van der Waals surface area (Å²) in [5.41, 5.74) is 0. The molecule has 2 nitrogen and oxygen atoms in total. The molecule has 2 aliphatic rings. The van der Waals surface area contributed by atoms with Crippen LogP contribution < -0.4 is 5.32 Å². The molecule has 16 heavy (non-hydrogen) atoms. The Bertz CT molecular complexity index is 304. The maximum absolute atomic E-state index is 11.8. The second-order valence-corrected chi connectivity index (χ2v) is 5.52. The van der Waals surface area contributed by atoms with Crippen LogP contribution in [0.5, 0.6) is 0 Å². The van der Waals surface area contributed by atoms with E-state index in [4.69, 9.17) is 6.42 Å². The summed E-state index contributed by atoms with van der Waals surface area (Å²) in [6, 6.07) is 0.121. The van der Waals surface area contributed by atoms with Crippen LogP contribution in [0.25, 0.3) is 0 Å². The van der Waals surface area contributed by atoms with Crippen molar-refractivity contribution in [2.24, 2.45) is 17.8 Å². The third-order valence-electron chi connectivity index (χ3n) is 4.16. The van der Waals surface area contributed by atoms with E-state index in [1.165, 1.54) is 25.7 Å². The Morgan fingerprint density at radius 2 is 2.31 bits per heavy atom. The highest BCUT2D eigenvalue weighted by Crippen LogP contribution is 2.49. The van der Waals surface area contributed by atoms with Crippen molar-refractivity contribution < 1.29 is 4.79 Å². The summed E-state index contributed by atoms with van der Waals surface area (Å²) in [7, 11) is 0. The van der Waals surface area contributed by atoms with Crippen LogP contribution in [0.2, 0.25) is 0 Å². The van der Waals surface area contributed by atoms with Gasteiger partial charge in [-0.2, -0.15) is 0 Å². The number of nitrogens with one attached hydrogen (secondary N) is 1. The number of fused-ring (bicyclic) bond motifs is 2. The van der Waals surface area contributed by atoms with Gasteiger partial charge in [0.1, 0.15) is 0 Å². The van der Waals surface area contributed by atoms with Crippen LogP contribution in [0.3, 0.4) is 0 Å². The first kappa shape index (κ1) is 11.5. The van der Waals surface area contributed by atoms with Gasteiger partial charge in [-0.15, -0.1) is 12.3 Å². The van der Waals surface area contributed by atoms with Crippen molar-refractivity contribution in [3.05, 3.63) is 0 Å². The van der Waals surface area contributed by atoms with Crippen LogP contribution in [-0.2, 0) is 4.79 Å². The molecule has 0 aliphatic heterocycles. The lowest BCUT2D eigenvalue weighted by Gasteiger charge is -2.21. The molecule has 0 saturated heterocycles. The van der Waals surface area contributed by atoms with E-state index < -0.39 is 0 Å². The zero-order valence-corrected chi connectivity index (χ0v) is 10.0. The van der Waals surface area contributed by atoms with Gasteiger partial charge in [-0.1, -0.05) is 6.42 Å². The Kier molecular flexibility index (Phi) is 3.53. The first-order chi connectivity index (χ1) is 7.69. The molecule has 0 aromatic carbocycles. The molecule has 2 bridgehead atoms. The van der Waals surface area contributed by atoms with Gasteiger partial charge in [-0.3, -0.25) is 4.79 Å². The van der Waals surface area contributed by atoms with Gasteiger partial charge in [0.25, 0.3) is 0 Å². The number of carbonyl (C=O) groups is 1. The lowest BCUT2D eigenvalue weighted by atomic mass is 9.86. The minimum Gasteiger partial charge on any atom is -0.353 e. The fourth-order valence-electron chi connectivity index (χ4n) is 3.43. The van der Waals surface area contributed by atoms with Crippen LogP contribution in [-0.4, -0.2) is 11.9 Å². The van der Waals surface area contributed by atoms with Crippen LogP contribution in [0.4, 0.5) is 0 Å². The first-order valence-corrected chi connectivity index (χ1v) is 6.42. The summed E-state index contributed by atoms with van der Waals surface area (Å²) in [6.45, 7) is 1.97. The third kappa shape index (κ3) is 2.58. The van der Waals surface area contributed by atoms with Gasteiger partial charge in [-0.05, 0) is 43.9 Å². The summed E-state index contributed by atoms with van der Waals surface area (Å²) in [5, 5.41) is 2.99. The Balaban J connectivity index is 1.74. The van der Waals surface area contributed by atoms with Crippen molar-refractivity contribution in [3.8, 4) is 12.3 Å². The van der Waals surface area contributed by atoms with Gasteiger partial charge in [0.2, 0.25) is 5.91 Å². The average Bonchev–Trinajstić information content (AvgIpc) is 2.78. The average molecular weight is 219 g/mol. The zero-order valence-electron chi connectivity index (χ0n) is 10.0. The van der Waals surface area contributed by atoms with E-state index in [2.05, 4.69) is 11.2 Å². The number of amides is 1. The molecule has 0 aromatic heterocycles. The van der Waals surface area contributed by atoms with Gasteiger partial charge in [0.15, 0.2) is 0 Å². The van der Waals surface area contributed by atoms with Crippen LogP contribution >= 0.6 is 0 Å². The predicted octanol–water partition coefficient (Wildman–Crippen LogP) is 2.34. The van der Waals surface area contributed by atoms with Gasteiger partial charge in [0, 0.05) is 18.9 Å². The van der Waals surface area contributed by atoms with Gasteiger partial charge < -0.3 is 5.32 Å². The molecular weight excluding hydrogens is 198 g/mol. The molecule has 2 heteroatoms. The molecule has 88 valence electrons. The predicted molar refractivity (Wildman–Crippen MR) is 64.6 cm³/mol. The third-order valence-corrected chi connectivity index (χ3v) is 4.16. The number of terminal acetylenes is 1. The van der Waals surface area contributed by atoms with Crippen LogP contribution in [0, 0.1) is 30.1 Å². The smallest absolute Gasteiger partial charge is 0.220 e. The van der Waals surface area contributed by atoms with Crippen molar-refractivity contribution in [2.45, 2.75) is 51.5 Å². The monoisotopic (exact) mass is 219 g/mol. The Morgan fingerprint density at radius 1 is 1.50 bits per heavy atom. The van der Waals surface area contributed by atoms with Gasteiger partial charge in [0.05, 0.1) is 0 Å². The van der Waals surface area contributed by atoms with E-state index in [0.29, 0.717) is 12.3 Å². The molecule has 2 saturated carbocycles. The Hall–Kier alpha value is -0.970. The van der Waals surface area contributed by atoms with E-state index in [1.807, 2.05) is 6.92 Å². The molecule has 0 aromatic rings. The fraction of sp³-hybridized carbons (Fsp3) is 0.786. The largest absolute Gasteiger partial charge is 0.353 e. The number of hydrogen-bond acceptors (Lipinski definition) is 1. The first-order valence-electron chi connectivity index (χ1n) is 6.42. The maximum atomic E-state index is 11.8. The second kappa shape index (κ2) is 4.91. The van der Waals surface area contributed by atoms with E-state index >= 15 is 0 Å². The molecule has 1 amide bonds. The molecule has 4 atom stereocenters. The molecule has 0 radical (unpaired) electrons. The number of carbonyl (C=O) groups excluding carboxylic acids is 1. The normalized spacial score (nSPS) is 33.4. The highest BCUT2D eigenvalue weighted by Gasteiger charge is 2.40. The second-order valence-electron chi connectivity index (χ2n) is 5.52. The van der Waals surface area contributed by atoms with Gasteiger partial charge >= 0.3 is 0 Å². The summed E-state index contributed by atoms with van der Waals surface area (Å²) in [5.74, 6) is 5.18. The summed E-state index contributed by atoms with van der Waals surface area (Å²) < 4.78 is 0. The van der Waals surface area contributed by atoms with Crippen LogP contribution in [0.1, 0.15) is 45.4 Å². The van der Waals surface area contributed by atoms with Crippen molar-refractivity contribution in [2.75, 3.05) is 0 Å². The van der Waals surface area contributed by atoms with Gasteiger partial charge in [-0.25, -0.2) is 0 Å². The lowest BCUT2D eigenvalue weighted by Crippen LogP contribution is -2.34. The molecule has 0 spiro atoms. The molecule has 2 fully saturated rings. The Labute approximate surface area is 98.2 Å². The minimum absolute atomic E-state index is 0.121. The summed E-state index contributed by atoms with van der Waals surface area (Å²) in [6.07, 6.45) is 12.0. The highest BCUT2D eigenvalue weighted by atomic mass is 16.1. The molecule has 2 rings (SSSR count).